The Bertz CT molecular complexity index is 692. The minimum Gasteiger partial charge on any atom is -0.337 e. The first-order valence-electron chi connectivity index (χ1n) is 8.77. The molecule has 0 saturated carbocycles. The second kappa shape index (κ2) is 7.69. The molecule has 1 saturated heterocycles. The summed E-state index contributed by atoms with van der Waals surface area (Å²) in [4.78, 5) is 22.3. The first-order valence-corrected chi connectivity index (χ1v) is 8.77. The fraction of sp³-hybridized carbons (Fsp3) is 0.588. The van der Waals surface area contributed by atoms with Crippen molar-refractivity contribution in [3.63, 3.8) is 0 Å². The lowest BCUT2D eigenvalue weighted by Crippen LogP contribution is -2.46. The fourth-order valence-electron chi connectivity index (χ4n) is 3.21. The third-order valence-electron chi connectivity index (χ3n) is 4.59. The van der Waals surface area contributed by atoms with Gasteiger partial charge in [-0.2, -0.15) is 0 Å². The maximum Gasteiger partial charge on any atom is 0.274 e. The van der Waals surface area contributed by atoms with Gasteiger partial charge >= 0.3 is 0 Å². The smallest absolute Gasteiger partial charge is 0.274 e. The Labute approximate surface area is 147 Å². The van der Waals surface area contributed by atoms with Crippen LogP contribution in [0.3, 0.4) is 0 Å². The number of hydrogen-bond donors (Lipinski definition) is 1. The van der Waals surface area contributed by atoms with Crippen molar-refractivity contribution in [3.05, 3.63) is 36.4 Å². The Morgan fingerprint density at radius 2 is 2.00 bits per heavy atom. The van der Waals surface area contributed by atoms with Gasteiger partial charge in [0.1, 0.15) is 17.8 Å². The predicted molar refractivity (Wildman–Crippen MR) is 92.9 cm³/mol. The van der Waals surface area contributed by atoms with Gasteiger partial charge in [-0.3, -0.25) is 9.78 Å². The average Bonchev–Trinajstić information content (AvgIpc) is 3.13. The number of nitrogens with zero attached hydrogens (tertiary/aromatic N) is 6. The Kier molecular flexibility index (Phi) is 5.37. The molecule has 0 radical (unpaired) electrons. The molecule has 25 heavy (non-hydrogen) atoms. The van der Waals surface area contributed by atoms with E-state index in [4.69, 9.17) is 0 Å². The predicted octanol–water partition coefficient (Wildman–Crippen LogP) is 1.60. The Morgan fingerprint density at radius 1 is 1.24 bits per heavy atom. The number of likely N-dealkylation sites (tertiary alicyclic amines) is 1. The fourth-order valence-corrected chi connectivity index (χ4v) is 3.21. The standard InChI is InChI=1S/C17H25N7O/c1-12(2)24-11-20-22-16(24)13(3)21-14-4-8-23(9-5-14)17(25)15-10-18-6-7-19-15/h6-7,10-14,21H,4-5,8-9H2,1-3H3. The number of carbonyl (C=O) groups excluding carboxylic acids is 1. The summed E-state index contributed by atoms with van der Waals surface area (Å²) < 4.78 is 2.09. The largest absolute Gasteiger partial charge is 0.337 e. The van der Waals surface area contributed by atoms with E-state index >= 15 is 0 Å². The minimum absolute atomic E-state index is 0.0425. The highest BCUT2D eigenvalue weighted by Crippen LogP contribution is 2.19. The second-order valence-corrected chi connectivity index (χ2v) is 6.74. The van der Waals surface area contributed by atoms with Gasteiger partial charge in [-0.1, -0.05) is 0 Å². The lowest BCUT2D eigenvalue weighted by atomic mass is 10.0. The zero-order chi connectivity index (χ0) is 17.8. The number of aromatic nitrogens is 5. The van der Waals surface area contributed by atoms with Crippen LogP contribution >= 0.6 is 0 Å². The van der Waals surface area contributed by atoms with Crippen molar-refractivity contribution in [1.82, 2.24) is 34.9 Å². The molecular formula is C17H25N7O. The normalized spacial score (nSPS) is 17.0. The van der Waals surface area contributed by atoms with Crippen molar-refractivity contribution in [2.24, 2.45) is 0 Å². The first-order chi connectivity index (χ1) is 12.1. The van der Waals surface area contributed by atoms with Gasteiger partial charge in [-0.05, 0) is 33.6 Å². The van der Waals surface area contributed by atoms with Crippen molar-refractivity contribution in [2.75, 3.05) is 13.1 Å². The summed E-state index contributed by atoms with van der Waals surface area (Å²) >= 11 is 0. The third kappa shape index (κ3) is 4.01. The molecule has 3 rings (SSSR count). The SMILES string of the molecule is CC(NC1CCN(C(=O)c2cnccn2)CC1)c1nncn1C(C)C. The Hall–Kier alpha value is -2.35. The summed E-state index contributed by atoms with van der Waals surface area (Å²) in [6.07, 6.45) is 8.24. The van der Waals surface area contributed by atoms with Gasteiger partial charge in [0.15, 0.2) is 0 Å². The van der Waals surface area contributed by atoms with E-state index in [0.717, 1.165) is 31.8 Å². The lowest BCUT2D eigenvalue weighted by molar-refractivity contribution is 0.0695. The van der Waals surface area contributed by atoms with E-state index in [1.54, 1.807) is 18.7 Å². The molecule has 1 fully saturated rings. The Balaban J connectivity index is 1.54. The molecule has 0 spiro atoms. The summed E-state index contributed by atoms with van der Waals surface area (Å²) in [5.41, 5.74) is 0.410. The number of hydrogen-bond acceptors (Lipinski definition) is 6. The molecule has 1 amide bonds. The number of amides is 1. The summed E-state index contributed by atoms with van der Waals surface area (Å²) in [5, 5.41) is 11.9. The number of rotatable bonds is 5. The highest BCUT2D eigenvalue weighted by molar-refractivity contribution is 5.92. The van der Waals surface area contributed by atoms with E-state index in [2.05, 4.69) is 50.8 Å². The molecule has 1 unspecified atom stereocenters. The van der Waals surface area contributed by atoms with E-state index in [-0.39, 0.29) is 11.9 Å². The molecule has 1 N–H and O–H groups in total. The maximum atomic E-state index is 12.4. The summed E-state index contributed by atoms with van der Waals surface area (Å²) in [5.74, 6) is 0.909. The van der Waals surface area contributed by atoms with E-state index < -0.39 is 0 Å². The Morgan fingerprint density at radius 3 is 2.64 bits per heavy atom. The molecule has 2 aromatic rings. The molecule has 3 heterocycles. The zero-order valence-corrected chi connectivity index (χ0v) is 15.0. The molecule has 134 valence electrons. The number of nitrogens with one attached hydrogen (secondary N) is 1. The molecule has 1 aliphatic rings. The van der Waals surface area contributed by atoms with Crippen LogP contribution in [-0.4, -0.2) is 54.7 Å². The van der Waals surface area contributed by atoms with Gasteiger partial charge < -0.3 is 14.8 Å². The monoisotopic (exact) mass is 343 g/mol. The summed E-state index contributed by atoms with van der Waals surface area (Å²) in [7, 11) is 0. The van der Waals surface area contributed by atoms with Gasteiger partial charge in [0.2, 0.25) is 0 Å². The van der Waals surface area contributed by atoms with Crippen LogP contribution in [0.1, 0.15) is 62.0 Å². The molecule has 2 aromatic heterocycles. The van der Waals surface area contributed by atoms with Crippen molar-refractivity contribution in [1.29, 1.82) is 0 Å². The van der Waals surface area contributed by atoms with Gasteiger partial charge in [0, 0.05) is 37.6 Å². The molecular weight excluding hydrogens is 318 g/mol. The zero-order valence-electron chi connectivity index (χ0n) is 15.0. The maximum absolute atomic E-state index is 12.4. The summed E-state index contributed by atoms with van der Waals surface area (Å²) in [6, 6.07) is 0.816. The molecule has 8 nitrogen and oxygen atoms in total. The molecule has 0 bridgehead atoms. The number of carbonyl (C=O) groups is 1. The van der Waals surface area contributed by atoms with Gasteiger partial charge in [0.25, 0.3) is 5.91 Å². The van der Waals surface area contributed by atoms with Crippen LogP contribution in [0.4, 0.5) is 0 Å². The third-order valence-corrected chi connectivity index (χ3v) is 4.59. The van der Waals surface area contributed by atoms with Crippen LogP contribution in [0, 0.1) is 0 Å². The first kappa shape index (κ1) is 17.5. The van der Waals surface area contributed by atoms with Gasteiger partial charge in [-0.25, -0.2) is 4.98 Å². The van der Waals surface area contributed by atoms with Crippen LogP contribution < -0.4 is 5.32 Å². The highest BCUT2D eigenvalue weighted by Gasteiger charge is 2.26. The molecule has 1 aliphatic heterocycles. The number of piperidine rings is 1. The van der Waals surface area contributed by atoms with Crippen LogP contribution in [0.5, 0.6) is 0 Å². The van der Waals surface area contributed by atoms with Gasteiger partial charge in [-0.15, -0.1) is 10.2 Å². The average molecular weight is 343 g/mol. The van der Waals surface area contributed by atoms with Crippen molar-refractivity contribution in [3.8, 4) is 0 Å². The van der Waals surface area contributed by atoms with E-state index in [1.165, 1.54) is 6.20 Å². The molecule has 1 atom stereocenters. The second-order valence-electron chi connectivity index (χ2n) is 6.74. The lowest BCUT2D eigenvalue weighted by Gasteiger charge is -2.33. The quantitative estimate of drug-likeness (QED) is 0.887. The van der Waals surface area contributed by atoms with Crippen LogP contribution in [0.2, 0.25) is 0 Å². The van der Waals surface area contributed by atoms with Crippen molar-refractivity contribution >= 4 is 5.91 Å². The molecule has 0 aromatic carbocycles. The van der Waals surface area contributed by atoms with E-state index in [1.807, 2.05) is 4.90 Å². The highest BCUT2D eigenvalue weighted by atomic mass is 16.2. The van der Waals surface area contributed by atoms with Crippen molar-refractivity contribution < 1.29 is 4.79 Å². The minimum atomic E-state index is -0.0425. The van der Waals surface area contributed by atoms with Crippen molar-refractivity contribution in [2.45, 2.75) is 51.7 Å². The topological polar surface area (TPSA) is 88.8 Å². The molecule has 8 heteroatoms. The van der Waals surface area contributed by atoms with Crippen LogP contribution in [0.25, 0.3) is 0 Å². The summed E-state index contributed by atoms with van der Waals surface area (Å²) in [6.45, 7) is 7.79. The van der Waals surface area contributed by atoms with E-state index in [9.17, 15) is 4.79 Å². The van der Waals surface area contributed by atoms with Crippen LogP contribution in [0.15, 0.2) is 24.9 Å². The van der Waals surface area contributed by atoms with E-state index in [0.29, 0.717) is 17.8 Å². The van der Waals surface area contributed by atoms with Crippen LogP contribution in [-0.2, 0) is 0 Å². The van der Waals surface area contributed by atoms with Gasteiger partial charge in [0.05, 0.1) is 12.2 Å². The molecule has 0 aliphatic carbocycles.